The summed E-state index contributed by atoms with van der Waals surface area (Å²) in [7, 11) is 0. The molecule has 0 fully saturated rings. The quantitative estimate of drug-likeness (QED) is 0.552. The molecule has 5 heteroatoms. The van der Waals surface area contributed by atoms with Gasteiger partial charge in [-0.2, -0.15) is 0 Å². The van der Waals surface area contributed by atoms with Crippen LogP contribution in [0.15, 0.2) is 60.7 Å². The van der Waals surface area contributed by atoms with E-state index in [1.165, 1.54) is 10.8 Å². The Hall–Kier alpha value is -3.18. The van der Waals surface area contributed by atoms with E-state index >= 15 is 0 Å². The summed E-state index contributed by atoms with van der Waals surface area (Å²) in [5.41, 5.74) is 3.93. The highest BCUT2D eigenvalue weighted by Crippen LogP contribution is 2.24. The van der Waals surface area contributed by atoms with Crippen molar-refractivity contribution in [3.05, 3.63) is 77.4 Å². The van der Waals surface area contributed by atoms with Crippen molar-refractivity contribution >= 4 is 28.3 Å². The van der Waals surface area contributed by atoms with Crippen LogP contribution in [0.4, 0.5) is 5.69 Å². The zero-order valence-corrected chi connectivity index (χ0v) is 18.0. The number of anilines is 1. The molecule has 0 bridgehead atoms. The fourth-order valence-electron chi connectivity index (χ4n) is 3.68. The summed E-state index contributed by atoms with van der Waals surface area (Å²) < 4.78 is 0. The van der Waals surface area contributed by atoms with Gasteiger partial charge in [0.15, 0.2) is 0 Å². The zero-order valence-electron chi connectivity index (χ0n) is 18.0. The predicted molar refractivity (Wildman–Crippen MR) is 123 cm³/mol. The lowest BCUT2D eigenvalue weighted by Gasteiger charge is -2.21. The number of para-hydroxylation sites is 1. The fourth-order valence-corrected chi connectivity index (χ4v) is 3.68. The van der Waals surface area contributed by atoms with Crippen molar-refractivity contribution in [3.63, 3.8) is 0 Å². The van der Waals surface area contributed by atoms with E-state index < -0.39 is 6.04 Å². The van der Waals surface area contributed by atoms with Crippen molar-refractivity contribution in [2.45, 2.75) is 39.8 Å². The smallest absolute Gasteiger partial charge is 0.243 e. The molecule has 3 aromatic carbocycles. The molecule has 0 saturated carbocycles. The van der Waals surface area contributed by atoms with E-state index in [0.717, 1.165) is 22.4 Å². The molecule has 30 heavy (non-hydrogen) atoms. The Morgan fingerprint density at radius 3 is 2.23 bits per heavy atom. The van der Waals surface area contributed by atoms with Crippen LogP contribution >= 0.6 is 0 Å². The van der Waals surface area contributed by atoms with Gasteiger partial charge in [-0.15, -0.1) is 0 Å². The molecule has 5 nitrogen and oxygen atoms in total. The average Bonchev–Trinajstić information content (AvgIpc) is 2.74. The van der Waals surface area contributed by atoms with Crippen molar-refractivity contribution in [1.82, 2.24) is 10.6 Å². The second kappa shape index (κ2) is 9.55. The maximum Gasteiger partial charge on any atom is 0.243 e. The molecular weight excluding hydrogens is 374 g/mol. The molecule has 0 radical (unpaired) electrons. The van der Waals surface area contributed by atoms with Crippen LogP contribution in [0.5, 0.6) is 0 Å². The third-order valence-electron chi connectivity index (χ3n) is 5.35. The second-order valence-electron chi connectivity index (χ2n) is 7.71. The van der Waals surface area contributed by atoms with Gasteiger partial charge in [0.05, 0.1) is 12.6 Å². The minimum absolute atomic E-state index is 0.0136. The summed E-state index contributed by atoms with van der Waals surface area (Å²) in [6, 6.07) is 19.8. The standard InChI is InChI=1S/C25H29N3O2/c1-16-9-7-10-17(2)24(16)28-23(29)15-26-25(30)19(4)27-18(3)21-14-8-12-20-11-5-6-13-22(20)21/h5-14,18-19,27H,15H2,1-4H3,(H,26,30)(H,28,29)/t18-,19+/m1/s1. The monoisotopic (exact) mass is 403 g/mol. The first-order valence-corrected chi connectivity index (χ1v) is 10.2. The van der Waals surface area contributed by atoms with E-state index in [1.54, 1.807) is 6.92 Å². The summed E-state index contributed by atoms with van der Waals surface area (Å²) in [6.45, 7) is 7.67. The van der Waals surface area contributed by atoms with Gasteiger partial charge >= 0.3 is 0 Å². The topological polar surface area (TPSA) is 70.2 Å². The van der Waals surface area contributed by atoms with Crippen molar-refractivity contribution in [2.24, 2.45) is 0 Å². The van der Waals surface area contributed by atoms with Crippen LogP contribution < -0.4 is 16.0 Å². The maximum atomic E-state index is 12.5. The first kappa shape index (κ1) is 21.5. The lowest BCUT2D eigenvalue weighted by Crippen LogP contribution is -2.45. The molecule has 0 aromatic heterocycles. The number of fused-ring (bicyclic) bond motifs is 1. The first-order chi connectivity index (χ1) is 14.4. The van der Waals surface area contributed by atoms with Gasteiger partial charge in [-0.1, -0.05) is 60.7 Å². The van der Waals surface area contributed by atoms with Crippen LogP contribution in [0.3, 0.4) is 0 Å². The molecule has 0 spiro atoms. The largest absolute Gasteiger partial charge is 0.346 e. The molecule has 3 N–H and O–H groups in total. The van der Waals surface area contributed by atoms with Crippen LogP contribution in [-0.2, 0) is 9.59 Å². The number of benzene rings is 3. The molecule has 2 atom stereocenters. The number of carbonyl (C=O) groups is 2. The lowest BCUT2D eigenvalue weighted by atomic mass is 9.99. The van der Waals surface area contributed by atoms with Crippen LogP contribution in [-0.4, -0.2) is 24.4 Å². The van der Waals surface area contributed by atoms with Crippen molar-refractivity contribution < 1.29 is 9.59 Å². The van der Waals surface area contributed by atoms with E-state index in [0.29, 0.717) is 0 Å². The zero-order chi connectivity index (χ0) is 21.7. The Morgan fingerprint density at radius 2 is 1.50 bits per heavy atom. The van der Waals surface area contributed by atoms with E-state index in [-0.39, 0.29) is 24.4 Å². The minimum Gasteiger partial charge on any atom is -0.346 e. The summed E-state index contributed by atoms with van der Waals surface area (Å²) in [6.07, 6.45) is 0. The number of nitrogens with one attached hydrogen (secondary N) is 3. The third-order valence-corrected chi connectivity index (χ3v) is 5.35. The maximum absolute atomic E-state index is 12.5. The Balaban J connectivity index is 1.56. The van der Waals surface area contributed by atoms with E-state index in [9.17, 15) is 9.59 Å². The number of carbonyl (C=O) groups excluding carboxylic acids is 2. The highest BCUT2D eigenvalue weighted by molar-refractivity contribution is 5.96. The van der Waals surface area contributed by atoms with Crippen LogP contribution in [0, 0.1) is 13.8 Å². The molecule has 0 aliphatic rings. The number of hydrogen-bond donors (Lipinski definition) is 3. The molecule has 0 unspecified atom stereocenters. The Bertz CT molecular complexity index is 1040. The molecule has 0 aliphatic carbocycles. The highest BCUT2D eigenvalue weighted by atomic mass is 16.2. The van der Waals surface area contributed by atoms with Crippen LogP contribution in [0.2, 0.25) is 0 Å². The highest BCUT2D eigenvalue weighted by Gasteiger charge is 2.18. The molecule has 0 aliphatic heterocycles. The normalized spacial score (nSPS) is 12.9. The molecule has 3 rings (SSSR count). The second-order valence-corrected chi connectivity index (χ2v) is 7.71. The number of rotatable bonds is 7. The van der Waals surface area contributed by atoms with Gasteiger partial charge in [-0.25, -0.2) is 0 Å². The van der Waals surface area contributed by atoms with Gasteiger partial charge in [0.1, 0.15) is 0 Å². The number of amides is 2. The summed E-state index contributed by atoms with van der Waals surface area (Å²) in [5.74, 6) is -0.450. The van der Waals surface area contributed by atoms with Gasteiger partial charge in [0, 0.05) is 11.7 Å². The first-order valence-electron chi connectivity index (χ1n) is 10.2. The molecule has 0 heterocycles. The van der Waals surface area contributed by atoms with Crippen molar-refractivity contribution in [3.8, 4) is 0 Å². The number of hydrogen-bond acceptors (Lipinski definition) is 3. The summed E-state index contributed by atoms with van der Waals surface area (Å²) in [5, 5.41) is 11.3. The Morgan fingerprint density at radius 1 is 0.867 bits per heavy atom. The molecule has 3 aromatic rings. The minimum atomic E-state index is -0.438. The van der Waals surface area contributed by atoms with Gasteiger partial charge in [0.25, 0.3) is 0 Å². The van der Waals surface area contributed by atoms with E-state index in [2.05, 4.69) is 40.2 Å². The molecular formula is C25H29N3O2. The summed E-state index contributed by atoms with van der Waals surface area (Å²) in [4.78, 5) is 24.8. The lowest BCUT2D eigenvalue weighted by molar-refractivity contribution is -0.125. The van der Waals surface area contributed by atoms with Gasteiger partial charge in [0.2, 0.25) is 11.8 Å². The summed E-state index contributed by atoms with van der Waals surface area (Å²) >= 11 is 0. The number of aryl methyl sites for hydroxylation is 2. The Kier molecular flexibility index (Phi) is 6.85. The molecule has 2 amide bonds. The third kappa shape index (κ3) is 5.05. The predicted octanol–water partition coefficient (Wildman–Crippen LogP) is 4.25. The van der Waals surface area contributed by atoms with Crippen LogP contribution in [0.1, 0.15) is 36.6 Å². The SMILES string of the molecule is Cc1cccc(C)c1NC(=O)CNC(=O)[C@H](C)N[C@H](C)c1cccc2ccccc12. The van der Waals surface area contributed by atoms with Crippen molar-refractivity contribution in [1.29, 1.82) is 0 Å². The van der Waals surface area contributed by atoms with E-state index in [4.69, 9.17) is 0 Å². The Labute approximate surface area is 177 Å². The fraction of sp³-hybridized carbons (Fsp3) is 0.280. The molecule has 0 saturated heterocycles. The van der Waals surface area contributed by atoms with Gasteiger partial charge in [-0.3, -0.25) is 14.9 Å². The van der Waals surface area contributed by atoms with Gasteiger partial charge < -0.3 is 10.6 Å². The average molecular weight is 404 g/mol. The van der Waals surface area contributed by atoms with E-state index in [1.807, 2.05) is 57.2 Å². The molecule has 156 valence electrons. The van der Waals surface area contributed by atoms with Crippen LogP contribution in [0.25, 0.3) is 10.8 Å². The van der Waals surface area contributed by atoms with Crippen molar-refractivity contribution in [2.75, 3.05) is 11.9 Å². The van der Waals surface area contributed by atoms with Gasteiger partial charge in [-0.05, 0) is 55.2 Å².